The molecule has 1 saturated carbocycles. The molecule has 0 unspecified atom stereocenters. The van der Waals surface area contributed by atoms with Crippen molar-refractivity contribution in [2.75, 3.05) is 16.0 Å². The number of anilines is 3. The predicted molar refractivity (Wildman–Crippen MR) is 114 cm³/mol. The zero-order valence-corrected chi connectivity index (χ0v) is 16.8. The van der Waals surface area contributed by atoms with Crippen LogP contribution in [0.5, 0.6) is 0 Å². The SMILES string of the molecule is Cc1ccc(NC(=O)C2CC2)cc1NC(=O)c1cccc(NC(=O)NC(C)C)c1. The Morgan fingerprint density at radius 2 is 1.66 bits per heavy atom. The van der Waals surface area contributed by atoms with Gasteiger partial charge >= 0.3 is 6.03 Å². The van der Waals surface area contributed by atoms with E-state index in [0.717, 1.165) is 18.4 Å². The van der Waals surface area contributed by atoms with Gasteiger partial charge < -0.3 is 21.3 Å². The van der Waals surface area contributed by atoms with Crippen molar-refractivity contribution in [3.05, 3.63) is 53.6 Å². The predicted octanol–water partition coefficient (Wildman–Crippen LogP) is 4.13. The summed E-state index contributed by atoms with van der Waals surface area (Å²) in [7, 11) is 0. The van der Waals surface area contributed by atoms with Gasteiger partial charge in [-0.2, -0.15) is 0 Å². The highest BCUT2D eigenvalue weighted by molar-refractivity contribution is 6.06. The summed E-state index contributed by atoms with van der Waals surface area (Å²) in [4.78, 5) is 36.5. The standard InChI is InChI=1S/C22H26N4O3/c1-13(2)23-22(29)25-17-6-4-5-16(11-17)21(28)26-19-12-18(10-7-14(19)3)24-20(27)15-8-9-15/h4-7,10-13,15H,8-9H2,1-3H3,(H,24,27)(H,26,28)(H2,23,25,29). The molecule has 1 fully saturated rings. The summed E-state index contributed by atoms with van der Waals surface area (Å²) in [5, 5.41) is 11.2. The summed E-state index contributed by atoms with van der Waals surface area (Å²) in [6.45, 7) is 5.62. The zero-order chi connectivity index (χ0) is 21.0. The van der Waals surface area contributed by atoms with Crippen LogP contribution < -0.4 is 21.3 Å². The first-order valence-electron chi connectivity index (χ1n) is 9.72. The van der Waals surface area contributed by atoms with Crippen molar-refractivity contribution >= 4 is 34.9 Å². The molecular formula is C22H26N4O3. The summed E-state index contributed by atoms with van der Waals surface area (Å²) < 4.78 is 0. The highest BCUT2D eigenvalue weighted by atomic mass is 16.2. The van der Waals surface area contributed by atoms with Crippen LogP contribution in [0, 0.1) is 12.8 Å². The van der Waals surface area contributed by atoms with Gasteiger partial charge in [-0.25, -0.2) is 4.79 Å². The maximum atomic E-state index is 12.7. The second-order valence-corrected chi connectivity index (χ2v) is 7.58. The largest absolute Gasteiger partial charge is 0.336 e. The molecule has 1 aliphatic rings. The normalized spacial score (nSPS) is 13.0. The third-order valence-corrected chi connectivity index (χ3v) is 4.50. The summed E-state index contributed by atoms with van der Waals surface area (Å²) in [5.74, 6) is -0.172. The quantitative estimate of drug-likeness (QED) is 0.593. The molecule has 4 N–H and O–H groups in total. The number of nitrogens with one attached hydrogen (secondary N) is 4. The lowest BCUT2D eigenvalue weighted by Crippen LogP contribution is -2.34. The third-order valence-electron chi connectivity index (χ3n) is 4.50. The van der Waals surface area contributed by atoms with Gasteiger partial charge in [0, 0.05) is 34.6 Å². The van der Waals surface area contributed by atoms with Crippen molar-refractivity contribution < 1.29 is 14.4 Å². The first-order chi connectivity index (χ1) is 13.8. The molecule has 29 heavy (non-hydrogen) atoms. The van der Waals surface area contributed by atoms with Crippen LogP contribution in [0.1, 0.15) is 42.6 Å². The van der Waals surface area contributed by atoms with Gasteiger partial charge in [0.2, 0.25) is 5.91 Å². The van der Waals surface area contributed by atoms with Crippen molar-refractivity contribution in [2.45, 2.75) is 39.7 Å². The van der Waals surface area contributed by atoms with Crippen LogP contribution in [0.25, 0.3) is 0 Å². The van der Waals surface area contributed by atoms with Gasteiger partial charge in [-0.3, -0.25) is 9.59 Å². The van der Waals surface area contributed by atoms with Gasteiger partial charge in [-0.05, 0) is 69.5 Å². The minimum Gasteiger partial charge on any atom is -0.336 e. The van der Waals surface area contributed by atoms with E-state index >= 15 is 0 Å². The lowest BCUT2D eigenvalue weighted by atomic mass is 10.1. The molecule has 1 aliphatic carbocycles. The first-order valence-corrected chi connectivity index (χ1v) is 9.72. The fraction of sp³-hybridized carbons (Fsp3) is 0.318. The molecule has 2 aromatic carbocycles. The maximum Gasteiger partial charge on any atom is 0.319 e. The monoisotopic (exact) mass is 394 g/mol. The molecule has 0 radical (unpaired) electrons. The van der Waals surface area contributed by atoms with Crippen molar-refractivity contribution in [1.29, 1.82) is 0 Å². The number of benzene rings is 2. The number of aryl methyl sites for hydroxylation is 1. The number of amides is 4. The van der Waals surface area contributed by atoms with Crippen LogP contribution in [0.3, 0.4) is 0 Å². The number of carbonyl (C=O) groups is 3. The van der Waals surface area contributed by atoms with Crippen LogP contribution >= 0.6 is 0 Å². The lowest BCUT2D eigenvalue weighted by molar-refractivity contribution is -0.117. The molecule has 3 rings (SSSR count). The summed E-state index contributed by atoms with van der Waals surface area (Å²) >= 11 is 0. The third kappa shape index (κ3) is 5.81. The molecule has 0 bridgehead atoms. The minimum absolute atomic E-state index is 0.0112. The second kappa shape index (κ2) is 8.77. The van der Waals surface area contributed by atoms with E-state index < -0.39 is 0 Å². The molecule has 152 valence electrons. The Kier molecular flexibility index (Phi) is 6.16. The maximum absolute atomic E-state index is 12.7. The molecule has 0 atom stereocenters. The van der Waals surface area contributed by atoms with Crippen LogP contribution in [0.4, 0.5) is 21.9 Å². The molecule has 0 saturated heterocycles. The molecule has 4 amide bonds. The van der Waals surface area contributed by atoms with Crippen molar-refractivity contribution in [1.82, 2.24) is 5.32 Å². The van der Waals surface area contributed by atoms with E-state index in [1.54, 1.807) is 30.3 Å². The number of carbonyl (C=O) groups excluding carboxylic acids is 3. The van der Waals surface area contributed by atoms with E-state index in [0.29, 0.717) is 22.6 Å². The van der Waals surface area contributed by atoms with Gasteiger partial charge in [-0.15, -0.1) is 0 Å². The van der Waals surface area contributed by atoms with E-state index in [1.807, 2.05) is 32.9 Å². The van der Waals surface area contributed by atoms with E-state index in [-0.39, 0.29) is 29.8 Å². The van der Waals surface area contributed by atoms with Gasteiger partial charge in [0.05, 0.1) is 0 Å². The van der Waals surface area contributed by atoms with E-state index in [4.69, 9.17) is 0 Å². The van der Waals surface area contributed by atoms with Gasteiger partial charge in [0.1, 0.15) is 0 Å². The summed E-state index contributed by atoms with van der Waals surface area (Å²) in [5.41, 5.74) is 3.11. The molecule has 0 aromatic heterocycles. The smallest absolute Gasteiger partial charge is 0.319 e. The highest BCUT2D eigenvalue weighted by Crippen LogP contribution is 2.31. The Labute approximate surface area is 170 Å². The Balaban J connectivity index is 1.68. The van der Waals surface area contributed by atoms with E-state index in [2.05, 4.69) is 21.3 Å². The Morgan fingerprint density at radius 1 is 0.931 bits per heavy atom. The van der Waals surface area contributed by atoms with Crippen LogP contribution in [0.15, 0.2) is 42.5 Å². The molecule has 7 nitrogen and oxygen atoms in total. The van der Waals surface area contributed by atoms with E-state index in [9.17, 15) is 14.4 Å². The minimum atomic E-state index is -0.326. The second-order valence-electron chi connectivity index (χ2n) is 7.58. The molecule has 7 heteroatoms. The number of rotatable bonds is 6. The molecule has 0 heterocycles. The Hall–Kier alpha value is -3.35. The highest BCUT2D eigenvalue weighted by Gasteiger charge is 2.29. The van der Waals surface area contributed by atoms with Gasteiger partial charge in [-0.1, -0.05) is 12.1 Å². The fourth-order valence-corrected chi connectivity index (χ4v) is 2.79. The summed E-state index contributed by atoms with van der Waals surface area (Å²) in [6.07, 6.45) is 1.86. The van der Waals surface area contributed by atoms with E-state index in [1.165, 1.54) is 0 Å². The van der Waals surface area contributed by atoms with Crippen molar-refractivity contribution in [3.8, 4) is 0 Å². The number of urea groups is 1. The fourth-order valence-electron chi connectivity index (χ4n) is 2.79. The average Bonchev–Trinajstić information content (AvgIpc) is 3.49. The van der Waals surface area contributed by atoms with Crippen LogP contribution in [0.2, 0.25) is 0 Å². The lowest BCUT2D eigenvalue weighted by Gasteiger charge is -2.13. The Morgan fingerprint density at radius 3 is 2.34 bits per heavy atom. The molecule has 2 aromatic rings. The average molecular weight is 394 g/mol. The summed E-state index contributed by atoms with van der Waals surface area (Å²) in [6, 6.07) is 11.8. The number of hydrogen-bond acceptors (Lipinski definition) is 3. The Bertz CT molecular complexity index is 935. The van der Waals surface area contributed by atoms with Gasteiger partial charge in [0.25, 0.3) is 5.91 Å². The topological polar surface area (TPSA) is 99.3 Å². The first kappa shape index (κ1) is 20.4. The molecule has 0 spiro atoms. The molecular weight excluding hydrogens is 368 g/mol. The van der Waals surface area contributed by atoms with Crippen molar-refractivity contribution in [2.24, 2.45) is 5.92 Å². The van der Waals surface area contributed by atoms with Crippen LogP contribution in [-0.2, 0) is 4.79 Å². The van der Waals surface area contributed by atoms with Crippen LogP contribution in [-0.4, -0.2) is 23.9 Å². The number of hydrogen-bond donors (Lipinski definition) is 4. The molecule has 0 aliphatic heterocycles. The van der Waals surface area contributed by atoms with Crippen molar-refractivity contribution in [3.63, 3.8) is 0 Å². The van der Waals surface area contributed by atoms with Gasteiger partial charge in [0.15, 0.2) is 0 Å². The zero-order valence-electron chi connectivity index (χ0n) is 16.8.